The number of benzene rings is 3. The highest BCUT2D eigenvalue weighted by Crippen LogP contribution is 2.23. The third-order valence-electron chi connectivity index (χ3n) is 4.97. The number of aromatic nitrogens is 1. The minimum Gasteiger partial charge on any atom is -0.485 e. The number of ether oxygens (including phenoxy) is 1. The topological polar surface area (TPSA) is 60.3 Å². The number of hydrogen-bond donors (Lipinski definition) is 1. The van der Waals surface area contributed by atoms with E-state index in [4.69, 9.17) is 16.3 Å². The van der Waals surface area contributed by atoms with E-state index in [2.05, 4.69) is 5.32 Å². The molecule has 0 atom stereocenters. The fourth-order valence-electron chi connectivity index (χ4n) is 3.37. The molecule has 0 saturated carbocycles. The number of amides is 1. The van der Waals surface area contributed by atoms with Crippen molar-refractivity contribution in [3.8, 4) is 5.75 Å². The molecular weight excluding hydrogens is 412 g/mol. The maximum atomic E-state index is 12.8. The summed E-state index contributed by atoms with van der Waals surface area (Å²) >= 11 is 6.14. The second-order valence-electron chi connectivity index (χ2n) is 7.22. The summed E-state index contributed by atoms with van der Waals surface area (Å²) in [6.07, 6.45) is 1.71. The van der Waals surface area contributed by atoms with Crippen LogP contribution < -0.4 is 10.1 Å². The number of anilines is 1. The summed E-state index contributed by atoms with van der Waals surface area (Å²) < 4.78 is 7.38. The summed E-state index contributed by atoms with van der Waals surface area (Å²) in [4.78, 5) is 25.5. The molecule has 0 spiro atoms. The summed E-state index contributed by atoms with van der Waals surface area (Å²) in [7, 11) is 0. The number of rotatable bonds is 7. The summed E-state index contributed by atoms with van der Waals surface area (Å²) in [6.45, 7) is 1.89. The van der Waals surface area contributed by atoms with Gasteiger partial charge in [0.15, 0.2) is 6.61 Å². The smallest absolute Gasteiger partial charge is 0.244 e. The lowest BCUT2D eigenvalue weighted by Crippen LogP contribution is -2.18. The van der Waals surface area contributed by atoms with E-state index in [9.17, 15) is 9.59 Å². The van der Waals surface area contributed by atoms with Crippen LogP contribution in [0.2, 0.25) is 5.02 Å². The van der Waals surface area contributed by atoms with E-state index in [1.165, 1.54) is 0 Å². The van der Waals surface area contributed by atoms with Crippen LogP contribution in [0.1, 0.15) is 15.9 Å². The number of aryl methyl sites for hydroxylation is 1. The van der Waals surface area contributed by atoms with Crippen LogP contribution in [0.5, 0.6) is 5.75 Å². The fraction of sp³-hybridized carbons (Fsp3) is 0.120. The first kappa shape index (κ1) is 20.7. The molecule has 1 heterocycles. The maximum Gasteiger partial charge on any atom is 0.244 e. The highest BCUT2D eigenvalue weighted by atomic mass is 35.5. The van der Waals surface area contributed by atoms with Gasteiger partial charge in [0.05, 0.1) is 0 Å². The third kappa shape index (κ3) is 4.78. The van der Waals surface area contributed by atoms with Gasteiger partial charge in [0.1, 0.15) is 12.3 Å². The molecule has 0 aliphatic carbocycles. The van der Waals surface area contributed by atoms with Gasteiger partial charge in [-0.25, -0.2) is 0 Å². The lowest BCUT2D eigenvalue weighted by Gasteiger charge is -2.08. The molecule has 0 fully saturated rings. The van der Waals surface area contributed by atoms with Gasteiger partial charge in [-0.2, -0.15) is 0 Å². The van der Waals surface area contributed by atoms with Crippen molar-refractivity contribution >= 4 is 39.9 Å². The zero-order valence-electron chi connectivity index (χ0n) is 17.0. The van der Waals surface area contributed by atoms with Crippen molar-refractivity contribution in [3.05, 3.63) is 95.1 Å². The standard InChI is InChI=1S/C25H21ClN2O3/c1-17-11-12-18(13-22(17)26)27-25(30)15-28-14-21(20-9-5-6-10-23(20)28)24(29)16-31-19-7-3-2-4-8-19/h2-14H,15-16H2,1H3,(H,27,30). The van der Waals surface area contributed by atoms with Crippen molar-refractivity contribution in [1.29, 1.82) is 0 Å². The van der Waals surface area contributed by atoms with Gasteiger partial charge < -0.3 is 14.6 Å². The monoisotopic (exact) mass is 432 g/mol. The minimum atomic E-state index is -0.208. The Bertz CT molecular complexity index is 1250. The van der Waals surface area contributed by atoms with Crippen LogP contribution in [0.4, 0.5) is 5.69 Å². The Morgan fingerprint density at radius 2 is 1.74 bits per heavy atom. The Kier molecular flexibility index (Phi) is 6.05. The fourth-order valence-corrected chi connectivity index (χ4v) is 3.55. The van der Waals surface area contributed by atoms with E-state index in [0.717, 1.165) is 16.5 Å². The van der Waals surface area contributed by atoms with E-state index >= 15 is 0 Å². The van der Waals surface area contributed by atoms with Crippen LogP contribution in [0, 0.1) is 6.92 Å². The van der Waals surface area contributed by atoms with Crippen LogP contribution in [-0.2, 0) is 11.3 Å². The second kappa shape index (κ2) is 9.06. The molecule has 0 radical (unpaired) electrons. The molecule has 4 aromatic rings. The normalized spacial score (nSPS) is 10.8. The van der Waals surface area contributed by atoms with E-state index in [0.29, 0.717) is 22.0 Å². The number of carbonyl (C=O) groups is 2. The molecule has 0 aliphatic rings. The van der Waals surface area contributed by atoms with Crippen molar-refractivity contribution in [2.75, 3.05) is 11.9 Å². The quantitative estimate of drug-likeness (QED) is 0.392. The van der Waals surface area contributed by atoms with Crippen LogP contribution in [-0.4, -0.2) is 22.9 Å². The van der Waals surface area contributed by atoms with Crippen molar-refractivity contribution in [3.63, 3.8) is 0 Å². The average Bonchev–Trinajstić information content (AvgIpc) is 3.14. The number of ketones is 1. The Morgan fingerprint density at radius 3 is 2.52 bits per heavy atom. The molecule has 1 amide bonds. The molecule has 1 N–H and O–H groups in total. The largest absolute Gasteiger partial charge is 0.485 e. The summed E-state index contributed by atoms with van der Waals surface area (Å²) in [5.41, 5.74) is 2.90. The van der Waals surface area contributed by atoms with Crippen molar-refractivity contribution in [1.82, 2.24) is 4.57 Å². The molecule has 0 unspecified atom stereocenters. The van der Waals surface area contributed by atoms with Crippen molar-refractivity contribution < 1.29 is 14.3 Å². The van der Waals surface area contributed by atoms with Gasteiger partial charge in [-0.1, -0.05) is 54.1 Å². The van der Waals surface area contributed by atoms with Crippen molar-refractivity contribution in [2.24, 2.45) is 0 Å². The maximum absolute atomic E-state index is 12.8. The second-order valence-corrected chi connectivity index (χ2v) is 7.63. The van der Waals surface area contributed by atoms with Gasteiger partial charge in [0.2, 0.25) is 11.7 Å². The number of Topliss-reactive ketones (excluding diaryl/α,β-unsaturated/α-hetero) is 1. The molecule has 1 aromatic heterocycles. The summed E-state index contributed by atoms with van der Waals surface area (Å²) in [5.74, 6) is 0.278. The van der Waals surface area contributed by atoms with Gasteiger partial charge in [-0.3, -0.25) is 9.59 Å². The first-order chi connectivity index (χ1) is 15.0. The summed E-state index contributed by atoms with van der Waals surface area (Å²) in [6, 6.07) is 22.1. The van der Waals surface area contributed by atoms with Crippen LogP contribution in [0.3, 0.4) is 0 Å². The molecule has 156 valence electrons. The summed E-state index contributed by atoms with van der Waals surface area (Å²) in [5, 5.41) is 4.23. The lowest BCUT2D eigenvalue weighted by molar-refractivity contribution is -0.116. The number of para-hydroxylation sites is 2. The number of nitrogens with one attached hydrogen (secondary N) is 1. The van der Waals surface area contributed by atoms with E-state index < -0.39 is 0 Å². The van der Waals surface area contributed by atoms with Gasteiger partial charge in [0, 0.05) is 33.4 Å². The Hall–Kier alpha value is -3.57. The van der Waals surface area contributed by atoms with Crippen LogP contribution >= 0.6 is 11.6 Å². The molecule has 0 aliphatic heterocycles. The predicted octanol–water partition coefficient (Wildman–Crippen LogP) is 5.50. The average molecular weight is 433 g/mol. The zero-order valence-corrected chi connectivity index (χ0v) is 17.7. The first-order valence-electron chi connectivity index (χ1n) is 9.86. The third-order valence-corrected chi connectivity index (χ3v) is 5.38. The molecule has 3 aromatic carbocycles. The number of nitrogens with zero attached hydrogens (tertiary/aromatic N) is 1. The molecule has 5 nitrogen and oxygen atoms in total. The van der Waals surface area contributed by atoms with Gasteiger partial charge >= 0.3 is 0 Å². The zero-order chi connectivity index (χ0) is 21.8. The van der Waals surface area contributed by atoms with Gasteiger partial charge in [0.25, 0.3) is 0 Å². The Labute approximate surface area is 185 Å². The molecular formula is C25H21ClN2O3. The molecule has 31 heavy (non-hydrogen) atoms. The molecule has 4 rings (SSSR count). The SMILES string of the molecule is Cc1ccc(NC(=O)Cn2cc(C(=O)COc3ccccc3)c3ccccc32)cc1Cl. The highest BCUT2D eigenvalue weighted by molar-refractivity contribution is 6.31. The number of halogens is 1. The first-order valence-corrected chi connectivity index (χ1v) is 10.2. The number of hydrogen-bond acceptors (Lipinski definition) is 3. The Balaban J connectivity index is 1.52. The Morgan fingerprint density at radius 1 is 1.00 bits per heavy atom. The number of fused-ring (bicyclic) bond motifs is 1. The van der Waals surface area contributed by atoms with Crippen molar-refractivity contribution in [2.45, 2.75) is 13.5 Å². The minimum absolute atomic E-state index is 0.0683. The van der Waals surface area contributed by atoms with Gasteiger partial charge in [-0.15, -0.1) is 0 Å². The van der Waals surface area contributed by atoms with Crippen LogP contribution in [0.15, 0.2) is 79.0 Å². The number of carbonyl (C=O) groups excluding carboxylic acids is 2. The highest BCUT2D eigenvalue weighted by Gasteiger charge is 2.17. The van der Waals surface area contributed by atoms with Crippen LogP contribution in [0.25, 0.3) is 10.9 Å². The predicted molar refractivity (Wildman–Crippen MR) is 123 cm³/mol. The molecule has 0 saturated heterocycles. The van der Waals surface area contributed by atoms with Gasteiger partial charge in [-0.05, 0) is 42.8 Å². The van der Waals surface area contributed by atoms with E-state index in [1.807, 2.05) is 61.5 Å². The lowest BCUT2D eigenvalue weighted by atomic mass is 10.1. The van der Waals surface area contributed by atoms with E-state index in [-0.39, 0.29) is 24.8 Å². The van der Waals surface area contributed by atoms with E-state index in [1.54, 1.807) is 29.0 Å². The molecule has 6 heteroatoms. The molecule has 0 bridgehead atoms.